The third-order valence-corrected chi connectivity index (χ3v) is 5.77. The summed E-state index contributed by atoms with van der Waals surface area (Å²) in [5, 5.41) is 5.29. The van der Waals surface area contributed by atoms with Gasteiger partial charge in [-0.05, 0) is 49.2 Å². The topological polar surface area (TPSA) is 95.6 Å². The molecule has 0 aromatic heterocycles. The summed E-state index contributed by atoms with van der Waals surface area (Å²) in [5.41, 5.74) is 2.59. The maximum Gasteiger partial charge on any atom is 0.255 e. The Labute approximate surface area is 158 Å². The molecule has 2 amide bonds. The van der Waals surface area contributed by atoms with Crippen molar-refractivity contribution in [2.45, 2.75) is 19.4 Å². The van der Waals surface area contributed by atoms with Crippen molar-refractivity contribution in [2.24, 2.45) is 0 Å². The molecule has 27 heavy (non-hydrogen) atoms. The lowest BCUT2D eigenvalue weighted by Gasteiger charge is -2.21. The molecule has 0 fully saturated rings. The van der Waals surface area contributed by atoms with E-state index in [1.165, 1.54) is 17.6 Å². The summed E-state index contributed by atoms with van der Waals surface area (Å²) in [6.45, 7) is 1.83. The fraction of sp³-hybridized carbons (Fsp3) is 0.263. The first-order valence-electron chi connectivity index (χ1n) is 8.47. The summed E-state index contributed by atoms with van der Waals surface area (Å²) in [6, 6.07) is 11.5. The van der Waals surface area contributed by atoms with E-state index in [1.807, 2.05) is 6.92 Å². The van der Waals surface area contributed by atoms with Gasteiger partial charge in [-0.15, -0.1) is 0 Å². The second kappa shape index (κ2) is 7.03. The minimum Gasteiger partial charge on any atom is -0.355 e. The lowest BCUT2D eigenvalue weighted by atomic mass is 10.1. The van der Waals surface area contributed by atoms with Gasteiger partial charge in [0, 0.05) is 18.7 Å². The van der Waals surface area contributed by atoms with Gasteiger partial charge in [0.15, 0.2) is 0 Å². The van der Waals surface area contributed by atoms with Gasteiger partial charge in [0.25, 0.3) is 11.8 Å². The molecule has 0 spiro atoms. The Kier molecular flexibility index (Phi) is 4.93. The standard InChI is InChI=1S/C19H21N3O4S/c1-12-10-14-11-13(8-9-17(14)22(12)27(3,25)26)18(23)21-16-7-5-4-6-15(16)19(24)20-2/h4-9,11-12H,10H2,1-3H3,(H,20,24)(H,21,23). The number of hydrogen-bond donors (Lipinski definition) is 2. The van der Waals surface area contributed by atoms with E-state index in [4.69, 9.17) is 0 Å². The van der Waals surface area contributed by atoms with Crippen LogP contribution in [0.4, 0.5) is 11.4 Å². The van der Waals surface area contributed by atoms with Gasteiger partial charge in [-0.25, -0.2) is 8.42 Å². The lowest BCUT2D eigenvalue weighted by molar-refractivity contribution is 0.0964. The molecule has 0 saturated heterocycles. The zero-order valence-electron chi connectivity index (χ0n) is 15.3. The number of rotatable bonds is 4. The number of nitrogens with one attached hydrogen (secondary N) is 2. The van der Waals surface area contributed by atoms with Crippen molar-refractivity contribution in [2.75, 3.05) is 22.9 Å². The van der Waals surface area contributed by atoms with Crippen LogP contribution in [0.2, 0.25) is 0 Å². The molecule has 0 saturated carbocycles. The zero-order chi connectivity index (χ0) is 19.8. The molecule has 2 aromatic rings. The largest absolute Gasteiger partial charge is 0.355 e. The molecule has 1 atom stereocenters. The maximum atomic E-state index is 12.7. The molecule has 0 radical (unpaired) electrons. The number of hydrogen-bond acceptors (Lipinski definition) is 4. The molecule has 2 N–H and O–H groups in total. The highest BCUT2D eigenvalue weighted by Gasteiger charge is 2.32. The molecule has 0 bridgehead atoms. The second-order valence-corrected chi connectivity index (χ2v) is 8.39. The molecule has 142 valence electrons. The molecule has 2 aromatic carbocycles. The first-order valence-corrected chi connectivity index (χ1v) is 10.3. The quantitative estimate of drug-likeness (QED) is 0.839. The Morgan fingerprint density at radius 3 is 2.48 bits per heavy atom. The molecule has 3 rings (SSSR count). The van der Waals surface area contributed by atoms with Crippen molar-refractivity contribution in [3.63, 3.8) is 0 Å². The third-order valence-electron chi connectivity index (χ3n) is 4.50. The normalized spacial score (nSPS) is 16.0. The molecule has 1 heterocycles. The Morgan fingerprint density at radius 1 is 1.11 bits per heavy atom. The summed E-state index contributed by atoms with van der Waals surface area (Å²) in [6.07, 6.45) is 1.72. The van der Waals surface area contributed by atoms with Crippen LogP contribution in [0.15, 0.2) is 42.5 Å². The number of benzene rings is 2. The fourth-order valence-electron chi connectivity index (χ4n) is 3.37. The fourth-order valence-corrected chi connectivity index (χ4v) is 4.63. The van der Waals surface area contributed by atoms with Crippen LogP contribution < -0.4 is 14.9 Å². The van der Waals surface area contributed by atoms with Gasteiger partial charge < -0.3 is 10.6 Å². The molecule has 1 aliphatic rings. The summed E-state index contributed by atoms with van der Waals surface area (Å²) >= 11 is 0. The van der Waals surface area contributed by atoms with E-state index in [1.54, 1.807) is 42.5 Å². The van der Waals surface area contributed by atoms with Crippen molar-refractivity contribution < 1.29 is 18.0 Å². The van der Waals surface area contributed by atoms with Gasteiger partial charge in [-0.2, -0.15) is 0 Å². The number of amides is 2. The van der Waals surface area contributed by atoms with E-state index in [0.29, 0.717) is 28.9 Å². The van der Waals surface area contributed by atoms with E-state index in [-0.39, 0.29) is 17.9 Å². The summed E-state index contributed by atoms with van der Waals surface area (Å²) in [7, 11) is -1.85. The molecule has 1 aliphatic heterocycles. The van der Waals surface area contributed by atoms with E-state index in [2.05, 4.69) is 10.6 Å². The SMILES string of the molecule is CNC(=O)c1ccccc1NC(=O)c1ccc2c(c1)CC(C)N2S(C)(=O)=O. The highest BCUT2D eigenvalue weighted by Crippen LogP contribution is 2.34. The maximum absolute atomic E-state index is 12.7. The Hall–Kier alpha value is -2.87. The van der Waals surface area contributed by atoms with Crippen LogP contribution in [0.1, 0.15) is 33.2 Å². The molecule has 1 unspecified atom stereocenters. The lowest BCUT2D eigenvalue weighted by Crippen LogP contribution is -2.34. The van der Waals surface area contributed by atoms with Crippen LogP contribution in [0.25, 0.3) is 0 Å². The van der Waals surface area contributed by atoms with E-state index in [0.717, 1.165) is 5.56 Å². The highest BCUT2D eigenvalue weighted by molar-refractivity contribution is 7.92. The Morgan fingerprint density at radius 2 is 1.81 bits per heavy atom. The van der Waals surface area contributed by atoms with E-state index >= 15 is 0 Å². The number of sulfonamides is 1. The molecular weight excluding hydrogens is 366 g/mol. The van der Waals surface area contributed by atoms with Gasteiger partial charge in [0.1, 0.15) is 0 Å². The van der Waals surface area contributed by atoms with Crippen LogP contribution in [-0.2, 0) is 16.4 Å². The van der Waals surface area contributed by atoms with Crippen molar-refractivity contribution in [3.8, 4) is 0 Å². The average Bonchev–Trinajstić information content (AvgIpc) is 2.96. The van der Waals surface area contributed by atoms with Crippen molar-refractivity contribution in [1.29, 1.82) is 0 Å². The first-order chi connectivity index (χ1) is 12.7. The minimum atomic E-state index is -3.38. The number of nitrogens with zero attached hydrogens (tertiary/aromatic N) is 1. The number of fused-ring (bicyclic) bond motifs is 1. The highest BCUT2D eigenvalue weighted by atomic mass is 32.2. The van der Waals surface area contributed by atoms with Crippen molar-refractivity contribution in [1.82, 2.24) is 5.32 Å². The molecule has 7 nitrogen and oxygen atoms in total. The average molecular weight is 387 g/mol. The van der Waals surface area contributed by atoms with Gasteiger partial charge in [-0.3, -0.25) is 13.9 Å². The van der Waals surface area contributed by atoms with Crippen LogP contribution in [0.3, 0.4) is 0 Å². The summed E-state index contributed by atoms with van der Waals surface area (Å²) in [5.74, 6) is -0.655. The number of carbonyl (C=O) groups excluding carboxylic acids is 2. The predicted octanol–water partition coefficient (Wildman–Crippen LogP) is 2.01. The van der Waals surface area contributed by atoms with Crippen molar-refractivity contribution >= 4 is 33.2 Å². The molecule has 8 heteroatoms. The van der Waals surface area contributed by atoms with Crippen LogP contribution in [0, 0.1) is 0 Å². The van der Waals surface area contributed by atoms with Crippen LogP contribution in [0.5, 0.6) is 0 Å². The zero-order valence-corrected chi connectivity index (χ0v) is 16.1. The summed E-state index contributed by atoms with van der Waals surface area (Å²) in [4.78, 5) is 24.6. The molecule has 0 aliphatic carbocycles. The van der Waals surface area contributed by atoms with Gasteiger partial charge >= 0.3 is 0 Å². The monoisotopic (exact) mass is 387 g/mol. The van der Waals surface area contributed by atoms with Gasteiger partial charge in [-0.1, -0.05) is 12.1 Å². The van der Waals surface area contributed by atoms with Gasteiger partial charge in [0.05, 0.1) is 23.2 Å². The minimum absolute atomic E-state index is 0.192. The smallest absolute Gasteiger partial charge is 0.255 e. The summed E-state index contributed by atoms with van der Waals surface area (Å²) < 4.78 is 25.4. The number of para-hydroxylation sites is 1. The molecular formula is C19H21N3O4S. The van der Waals surface area contributed by atoms with Crippen LogP contribution >= 0.6 is 0 Å². The Bertz CT molecular complexity index is 1020. The van der Waals surface area contributed by atoms with Gasteiger partial charge in [0.2, 0.25) is 10.0 Å². The number of anilines is 2. The second-order valence-electron chi connectivity index (χ2n) is 6.53. The van der Waals surface area contributed by atoms with E-state index in [9.17, 15) is 18.0 Å². The third kappa shape index (κ3) is 3.66. The van der Waals surface area contributed by atoms with Crippen LogP contribution in [-0.4, -0.2) is 39.6 Å². The predicted molar refractivity (Wildman–Crippen MR) is 105 cm³/mol. The first kappa shape index (κ1) is 18.9. The Balaban J connectivity index is 1.89. The number of carbonyl (C=O) groups is 2. The van der Waals surface area contributed by atoms with Crippen molar-refractivity contribution in [3.05, 3.63) is 59.2 Å². The van der Waals surface area contributed by atoms with E-state index < -0.39 is 10.0 Å².